The minimum absolute atomic E-state index is 0.138. The SMILES string of the molecule is C[C@@H](NC(=O)COC(=O)CC12C[C@@H]3C[C@@H](CC(O)(C3)C1)C2)c1cccc(Cl)c1. The lowest BCUT2D eigenvalue weighted by Crippen LogP contribution is -2.56. The Labute approximate surface area is 170 Å². The highest BCUT2D eigenvalue weighted by molar-refractivity contribution is 6.30. The molecule has 0 heterocycles. The van der Waals surface area contributed by atoms with E-state index < -0.39 is 5.60 Å². The maximum absolute atomic E-state index is 12.4. The molecule has 28 heavy (non-hydrogen) atoms. The van der Waals surface area contributed by atoms with Gasteiger partial charge in [-0.15, -0.1) is 0 Å². The van der Waals surface area contributed by atoms with Crippen molar-refractivity contribution in [1.82, 2.24) is 5.32 Å². The quantitative estimate of drug-likeness (QED) is 0.706. The second kappa shape index (κ2) is 7.34. The van der Waals surface area contributed by atoms with Crippen LogP contribution < -0.4 is 5.32 Å². The molecular formula is C22H28ClNO4. The van der Waals surface area contributed by atoms with Crippen molar-refractivity contribution in [3.8, 4) is 0 Å². The largest absolute Gasteiger partial charge is 0.456 e. The van der Waals surface area contributed by atoms with Gasteiger partial charge in [-0.1, -0.05) is 23.7 Å². The van der Waals surface area contributed by atoms with Crippen LogP contribution in [0.4, 0.5) is 0 Å². The fraction of sp³-hybridized carbons (Fsp3) is 0.636. The average Bonchev–Trinajstić information content (AvgIpc) is 2.57. The van der Waals surface area contributed by atoms with Crippen LogP contribution in [-0.2, 0) is 14.3 Å². The number of amides is 1. The topological polar surface area (TPSA) is 75.6 Å². The first-order valence-corrected chi connectivity index (χ1v) is 10.5. The third-order valence-corrected chi connectivity index (χ3v) is 7.00. The number of hydrogen-bond donors (Lipinski definition) is 2. The predicted molar refractivity (Wildman–Crippen MR) is 106 cm³/mol. The fourth-order valence-electron chi connectivity index (χ4n) is 6.25. The third-order valence-electron chi connectivity index (χ3n) is 6.76. The molecule has 0 saturated heterocycles. The van der Waals surface area contributed by atoms with E-state index in [2.05, 4.69) is 5.32 Å². The summed E-state index contributed by atoms with van der Waals surface area (Å²) in [6, 6.07) is 7.08. The van der Waals surface area contributed by atoms with E-state index in [4.69, 9.17) is 16.3 Å². The van der Waals surface area contributed by atoms with Crippen LogP contribution in [0, 0.1) is 17.3 Å². The van der Waals surface area contributed by atoms with Gasteiger partial charge in [0.15, 0.2) is 6.61 Å². The molecule has 6 heteroatoms. The van der Waals surface area contributed by atoms with E-state index in [0.29, 0.717) is 29.7 Å². The zero-order valence-corrected chi connectivity index (χ0v) is 17.0. The van der Waals surface area contributed by atoms with E-state index in [1.807, 2.05) is 19.1 Å². The number of esters is 1. The molecule has 2 N–H and O–H groups in total. The van der Waals surface area contributed by atoms with Crippen molar-refractivity contribution >= 4 is 23.5 Å². The minimum atomic E-state index is -0.589. The van der Waals surface area contributed by atoms with Crippen LogP contribution in [0.3, 0.4) is 0 Å². The highest BCUT2D eigenvalue weighted by Gasteiger charge is 2.57. The van der Waals surface area contributed by atoms with E-state index in [1.165, 1.54) is 6.42 Å². The predicted octanol–water partition coefficient (Wildman–Crippen LogP) is 3.78. The van der Waals surface area contributed by atoms with Gasteiger partial charge in [-0.2, -0.15) is 0 Å². The Morgan fingerprint density at radius 3 is 2.64 bits per heavy atom. The third kappa shape index (κ3) is 4.20. The second-order valence-corrected chi connectivity index (χ2v) is 9.80. The molecule has 0 aliphatic heterocycles. The first-order chi connectivity index (χ1) is 13.2. The summed E-state index contributed by atoms with van der Waals surface area (Å²) in [4.78, 5) is 24.6. The standard InChI is InChI=1S/C22H28ClNO4/c1-14(17-3-2-4-18(23)6-17)24-19(25)12-28-20(26)11-21-7-15-5-16(8-21)10-22(27,9-15)13-21/h2-4,6,14-16,27H,5,7-13H2,1H3,(H,24,25)/t14-,15-,16+,21?,22?/m1/s1. The van der Waals surface area contributed by atoms with Gasteiger partial charge in [0.25, 0.3) is 5.91 Å². The number of aliphatic hydroxyl groups is 1. The number of ether oxygens (including phenoxy) is 1. The molecule has 1 aromatic rings. The maximum Gasteiger partial charge on any atom is 0.306 e. The maximum atomic E-state index is 12.4. The lowest BCUT2D eigenvalue weighted by atomic mass is 9.47. The van der Waals surface area contributed by atoms with Crippen LogP contribution in [0.1, 0.15) is 63.5 Å². The first kappa shape index (κ1) is 19.7. The molecule has 152 valence electrons. The number of halogens is 1. The van der Waals surface area contributed by atoms with Crippen LogP contribution in [0.15, 0.2) is 24.3 Å². The Morgan fingerprint density at radius 1 is 1.29 bits per heavy atom. The number of rotatable bonds is 6. The Bertz CT molecular complexity index is 766. The summed E-state index contributed by atoms with van der Waals surface area (Å²) in [5.41, 5.74) is 0.170. The summed E-state index contributed by atoms with van der Waals surface area (Å²) >= 11 is 5.99. The zero-order chi connectivity index (χ0) is 19.9. The molecule has 4 bridgehead atoms. The van der Waals surface area contributed by atoms with Crippen LogP contribution in [0.25, 0.3) is 0 Å². The summed E-state index contributed by atoms with van der Waals surface area (Å²) in [5.74, 6) is 0.392. The second-order valence-electron chi connectivity index (χ2n) is 9.37. The molecule has 5 atom stereocenters. The fourth-order valence-corrected chi connectivity index (χ4v) is 6.45. The molecule has 1 aromatic carbocycles. The lowest BCUT2D eigenvalue weighted by molar-refractivity contribution is -0.177. The highest BCUT2D eigenvalue weighted by Crippen LogP contribution is 2.62. The molecule has 2 unspecified atom stereocenters. The Kier molecular flexibility index (Phi) is 5.17. The molecule has 4 saturated carbocycles. The molecule has 4 fully saturated rings. The van der Waals surface area contributed by atoms with Gasteiger partial charge in [-0.3, -0.25) is 9.59 Å². The highest BCUT2D eigenvalue weighted by atomic mass is 35.5. The number of benzene rings is 1. The van der Waals surface area contributed by atoms with Crippen LogP contribution >= 0.6 is 11.6 Å². The molecular weight excluding hydrogens is 378 g/mol. The van der Waals surface area contributed by atoms with Gasteiger partial charge < -0.3 is 15.2 Å². The van der Waals surface area contributed by atoms with Gasteiger partial charge in [-0.05, 0) is 80.4 Å². The Hall–Kier alpha value is -1.59. The van der Waals surface area contributed by atoms with E-state index in [-0.39, 0.29) is 29.9 Å². The Balaban J connectivity index is 1.27. The number of hydrogen-bond acceptors (Lipinski definition) is 4. The monoisotopic (exact) mass is 405 g/mol. The van der Waals surface area contributed by atoms with E-state index in [0.717, 1.165) is 31.2 Å². The van der Waals surface area contributed by atoms with Gasteiger partial charge in [0.2, 0.25) is 0 Å². The van der Waals surface area contributed by atoms with Crippen molar-refractivity contribution in [2.24, 2.45) is 17.3 Å². The smallest absolute Gasteiger partial charge is 0.306 e. The molecule has 0 radical (unpaired) electrons. The number of carbonyl (C=O) groups is 2. The number of nitrogens with one attached hydrogen (secondary N) is 1. The zero-order valence-electron chi connectivity index (χ0n) is 16.2. The van der Waals surface area contributed by atoms with Crippen molar-refractivity contribution < 1.29 is 19.4 Å². The van der Waals surface area contributed by atoms with Gasteiger partial charge in [-0.25, -0.2) is 0 Å². The molecule has 0 spiro atoms. The van der Waals surface area contributed by atoms with Crippen molar-refractivity contribution in [2.75, 3.05) is 6.61 Å². The van der Waals surface area contributed by atoms with Crippen molar-refractivity contribution in [3.05, 3.63) is 34.9 Å². The van der Waals surface area contributed by atoms with E-state index in [1.54, 1.807) is 12.1 Å². The van der Waals surface area contributed by atoms with E-state index in [9.17, 15) is 14.7 Å². The summed E-state index contributed by atoms with van der Waals surface area (Å²) in [6.45, 7) is 1.58. The first-order valence-electron chi connectivity index (χ1n) is 10.2. The summed E-state index contributed by atoms with van der Waals surface area (Å²) in [5, 5.41) is 14.2. The van der Waals surface area contributed by atoms with Gasteiger partial charge >= 0.3 is 5.97 Å². The van der Waals surface area contributed by atoms with E-state index >= 15 is 0 Å². The lowest BCUT2D eigenvalue weighted by Gasteiger charge is -2.60. The van der Waals surface area contributed by atoms with Crippen molar-refractivity contribution in [2.45, 2.75) is 63.5 Å². The van der Waals surface area contributed by atoms with Gasteiger partial charge in [0, 0.05) is 5.02 Å². The van der Waals surface area contributed by atoms with Crippen LogP contribution in [-0.4, -0.2) is 29.2 Å². The minimum Gasteiger partial charge on any atom is -0.456 e. The van der Waals surface area contributed by atoms with Gasteiger partial charge in [0.05, 0.1) is 18.1 Å². The summed E-state index contributed by atoms with van der Waals surface area (Å²) in [7, 11) is 0. The summed E-state index contributed by atoms with van der Waals surface area (Å²) in [6.07, 6.45) is 5.94. The van der Waals surface area contributed by atoms with Crippen molar-refractivity contribution in [3.63, 3.8) is 0 Å². The molecule has 5 rings (SSSR count). The molecule has 0 aromatic heterocycles. The molecule has 1 amide bonds. The van der Waals surface area contributed by atoms with Crippen LogP contribution in [0.2, 0.25) is 5.02 Å². The molecule has 4 aliphatic rings. The van der Waals surface area contributed by atoms with Gasteiger partial charge in [0.1, 0.15) is 0 Å². The average molecular weight is 406 g/mol. The summed E-state index contributed by atoms with van der Waals surface area (Å²) < 4.78 is 5.28. The van der Waals surface area contributed by atoms with Crippen LogP contribution in [0.5, 0.6) is 0 Å². The van der Waals surface area contributed by atoms with Crippen molar-refractivity contribution in [1.29, 1.82) is 0 Å². The molecule has 4 aliphatic carbocycles. The Morgan fingerprint density at radius 2 is 2.00 bits per heavy atom. The normalized spacial score (nSPS) is 34.1. The number of carbonyl (C=O) groups excluding carboxylic acids is 2. The molecule has 5 nitrogen and oxygen atoms in total.